The number of para-hydroxylation sites is 1. The zero-order chi connectivity index (χ0) is 14.4. The molecule has 1 atom stereocenters. The van der Waals surface area contributed by atoms with Crippen molar-refractivity contribution < 1.29 is 9.47 Å². The van der Waals surface area contributed by atoms with E-state index in [1.165, 1.54) is 5.56 Å². The standard InChI is InChI=1S/C17H21NO2/c1-19-15-10-7-13(8-11-15)16(18)12-9-14-5-3-4-6-17(14)20-2/h3-8,10-11,16H,9,12,18H2,1-2H3. The Labute approximate surface area is 120 Å². The van der Waals surface area contributed by atoms with Crippen molar-refractivity contribution in [1.29, 1.82) is 0 Å². The van der Waals surface area contributed by atoms with Gasteiger partial charge in [-0.2, -0.15) is 0 Å². The minimum Gasteiger partial charge on any atom is -0.497 e. The summed E-state index contributed by atoms with van der Waals surface area (Å²) in [6.07, 6.45) is 1.78. The minimum absolute atomic E-state index is 0.0193. The van der Waals surface area contributed by atoms with Crippen LogP contribution in [0.2, 0.25) is 0 Å². The monoisotopic (exact) mass is 271 g/mol. The summed E-state index contributed by atoms with van der Waals surface area (Å²) in [4.78, 5) is 0. The first-order valence-corrected chi connectivity index (χ1v) is 6.76. The third kappa shape index (κ3) is 3.52. The van der Waals surface area contributed by atoms with Gasteiger partial charge in [0, 0.05) is 6.04 Å². The van der Waals surface area contributed by atoms with E-state index in [1.54, 1.807) is 14.2 Å². The van der Waals surface area contributed by atoms with E-state index < -0.39 is 0 Å². The lowest BCUT2D eigenvalue weighted by atomic mass is 9.99. The van der Waals surface area contributed by atoms with Gasteiger partial charge in [0.25, 0.3) is 0 Å². The average molecular weight is 271 g/mol. The smallest absolute Gasteiger partial charge is 0.122 e. The molecule has 0 bridgehead atoms. The number of aryl methyl sites for hydroxylation is 1. The van der Waals surface area contributed by atoms with E-state index in [1.807, 2.05) is 42.5 Å². The molecule has 3 heteroatoms. The number of methoxy groups -OCH3 is 2. The number of hydrogen-bond acceptors (Lipinski definition) is 3. The van der Waals surface area contributed by atoms with Crippen LogP contribution >= 0.6 is 0 Å². The maximum atomic E-state index is 6.24. The van der Waals surface area contributed by atoms with Gasteiger partial charge in [0.05, 0.1) is 14.2 Å². The van der Waals surface area contributed by atoms with Gasteiger partial charge in [-0.15, -0.1) is 0 Å². The van der Waals surface area contributed by atoms with Crippen molar-refractivity contribution in [3.63, 3.8) is 0 Å². The predicted molar refractivity (Wildman–Crippen MR) is 81.2 cm³/mol. The third-order valence-corrected chi connectivity index (χ3v) is 3.46. The van der Waals surface area contributed by atoms with Crippen LogP contribution in [0.15, 0.2) is 48.5 Å². The Morgan fingerprint density at radius 3 is 2.30 bits per heavy atom. The molecule has 0 aliphatic heterocycles. The molecule has 1 unspecified atom stereocenters. The van der Waals surface area contributed by atoms with Gasteiger partial charge >= 0.3 is 0 Å². The highest BCUT2D eigenvalue weighted by Crippen LogP contribution is 2.23. The van der Waals surface area contributed by atoms with Crippen molar-refractivity contribution in [3.8, 4) is 11.5 Å². The summed E-state index contributed by atoms with van der Waals surface area (Å²) < 4.78 is 10.5. The van der Waals surface area contributed by atoms with Crippen LogP contribution in [-0.4, -0.2) is 14.2 Å². The van der Waals surface area contributed by atoms with Crippen LogP contribution in [0, 0.1) is 0 Å². The second-order valence-corrected chi connectivity index (χ2v) is 4.73. The van der Waals surface area contributed by atoms with Gasteiger partial charge in [0.1, 0.15) is 11.5 Å². The molecular formula is C17H21NO2. The van der Waals surface area contributed by atoms with Crippen LogP contribution in [0.1, 0.15) is 23.6 Å². The molecule has 0 aromatic heterocycles. The topological polar surface area (TPSA) is 44.5 Å². The lowest BCUT2D eigenvalue weighted by molar-refractivity contribution is 0.408. The molecule has 2 N–H and O–H groups in total. The molecule has 0 aliphatic rings. The highest BCUT2D eigenvalue weighted by atomic mass is 16.5. The first-order valence-electron chi connectivity index (χ1n) is 6.76. The zero-order valence-corrected chi connectivity index (χ0v) is 12.0. The Morgan fingerprint density at radius 1 is 0.950 bits per heavy atom. The molecule has 0 spiro atoms. The number of benzene rings is 2. The highest BCUT2D eigenvalue weighted by Gasteiger charge is 2.08. The molecule has 3 nitrogen and oxygen atoms in total. The Kier molecular flexibility index (Phi) is 5.02. The Balaban J connectivity index is 1.98. The van der Waals surface area contributed by atoms with Gasteiger partial charge in [0.2, 0.25) is 0 Å². The van der Waals surface area contributed by atoms with Crippen LogP contribution in [0.4, 0.5) is 0 Å². The van der Waals surface area contributed by atoms with E-state index in [0.717, 1.165) is 29.9 Å². The predicted octanol–water partition coefficient (Wildman–Crippen LogP) is 3.34. The van der Waals surface area contributed by atoms with Crippen LogP contribution in [0.3, 0.4) is 0 Å². The number of rotatable bonds is 6. The summed E-state index contributed by atoms with van der Waals surface area (Å²) in [6, 6.07) is 16.0. The maximum absolute atomic E-state index is 6.24. The average Bonchev–Trinajstić information content (AvgIpc) is 2.53. The fraction of sp³-hybridized carbons (Fsp3) is 0.294. The third-order valence-electron chi connectivity index (χ3n) is 3.46. The summed E-state index contributed by atoms with van der Waals surface area (Å²) in [7, 11) is 3.36. The van der Waals surface area contributed by atoms with Crippen LogP contribution < -0.4 is 15.2 Å². The Hall–Kier alpha value is -2.00. The molecule has 0 heterocycles. The van der Waals surface area contributed by atoms with Crippen molar-refractivity contribution in [2.75, 3.05) is 14.2 Å². The lowest BCUT2D eigenvalue weighted by Gasteiger charge is -2.14. The van der Waals surface area contributed by atoms with Gasteiger partial charge in [-0.1, -0.05) is 30.3 Å². The van der Waals surface area contributed by atoms with Crippen LogP contribution in [0.25, 0.3) is 0 Å². The SMILES string of the molecule is COc1ccc(C(N)CCc2ccccc2OC)cc1. The first kappa shape index (κ1) is 14.4. The fourth-order valence-electron chi connectivity index (χ4n) is 2.24. The first-order chi connectivity index (χ1) is 9.74. The van der Waals surface area contributed by atoms with Crippen molar-refractivity contribution in [2.45, 2.75) is 18.9 Å². The maximum Gasteiger partial charge on any atom is 0.122 e. The Bertz CT molecular complexity index is 537. The molecule has 2 rings (SSSR count). The van der Waals surface area contributed by atoms with E-state index in [4.69, 9.17) is 15.2 Å². The van der Waals surface area contributed by atoms with Gasteiger partial charge in [-0.25, -0.2) is 0 Å². The molecule has 106 valence electrons. The zero-order valence-electron chi connectivity index (χ0n) is 12.0. The molecule has 0 radical (unpaired) electrons. The van der Waals surface area contributed by atoms with Crippen molar-refractivity contribution in [1.82, 2.24) is 0 Å². The summed E-state index contributed by atoms with van der Waals surface area (Å²) in [5.74, 6) is 1.78. The van der Waals surface area contributed by atoms with Crippen LogP contribution in [0.5, 0.6) is 11.5 Å². The number of ether oxygens (including phenoxy) is 2. The summed E-state index contributed by atoms with van der Waals surface area (Å²) in [6.45, 7) is 0. The van der Waals surface area contributed by atoms with Gasteiger partial charge in [0.15, 0.2) is 0 Å². The largest absolute Gasteiger partial charge is 0.497 e. The summed E-state index contributed by atoms with van der Waals surface area (Å²) >= 11 is 0. The van der Waals surface area contributed by atoms with Crippen molar-refractivity contribution in [2.24, 2.45) is 5.73 Å². The molecule has 2 aromatic carbocycles. The van der Waals surface area contributed by atoms with E-state index >= 15 is 0 Å². The van der Waals surface area contributed by atoms with Gasteiger partial charge in [-0.3, -0.25) is 0 Å². The molecule has 20 heavy (non-hydrogen) atoms. The molecule has 2 aromatic rings. The van der Waals surface area contributed by atoms with E-state index in [-0.39, 0.29) is 6.04 Å². The molecule has 0 saturated heterocycles. The van der Waals surface area contributed by atoms with Crippen molar-refractivity contribution in [3.05, 3.63) is 59.7 Å². The normalized spacial score (nSPS) is 11.9. The summed E-state index contributed by atoms with van der Waals surface area (Å²) in [5, 5.41) is 0. The van der Waals surface area contributed by atoms with E-state index in [9.17, 15) is 0 Å². The van der Waals surface area contributed by atoms with E-state index in [2.05, 4.69) is 6.07 Å². The van der Waals surface area contributed by atoms with Crippen LogP contribution in [-0.2, 0) is 6.42 Å². The molecular weight excluding hydrogens is 250 g/mol. The van der Waals surface area contributed by atoms with Gasteiger partial charge in [-0.05, 0) is 42.2 Å². The molecule has 0 fully saturated rings. The summed E-state index contributed by atoms with van der Waals surface area (Å²) in [5.41, 5.74) is 8.56. The second-order valence-electron chi connectivity index (χ2n) is 4.73. The highest BCUT2D eigenvalue weighted by molar-refractivity contribution is 5.34. The fourth-order valence-corrected chi connectivity index (χ4v) is 2.24. The number of nitrogens with two attached hydrogens (primary N) is 1. The molecule has 0 aliphatic carbocycles. The lowest BCUT2D eigenvalue weighted by Crippen LogP contribution is -2.11. The number of hydrogen-bond donors (Lipinski definition) is 1. The Morgan fingerprint density at radius 2 is 1.65 bits per heavy atom. The molecule has 0 saturated carbocycles. The minimum atomic E-state index is 0.0193. The molecule has 0 amide bonds. The van der Waals surface area contributed by atoms with E-state index in [0.29, 0.717) is 0 Å². The van der Waals surface area contributed by atoms with Crippen molar-refractivity contribution >= 4 is 0 Å². The second kappa shape index (κ2) is 6.96. The quantitative estimate of drug-likeness (QED) is 0.876. The van der Waals surface area contributed by atoms with Gasteiger partial charge < -0.3 is 15.2 Å².